The lowest BCUT2D eigenvalue weighted by atomic mass is 9.94. The Labute approximate surface area is 150 Å². The summed E-state index contributed by atoms with van der Waals surface area (Å²) >= 11 is 7.10. The number of aromatic carboxylic acids is 1. The van der Waals surface area contributed by atoms with Gasteiger partial charge in [0.2, 0.25) is 7.37 Å². The van der Waals surface area contributed by atoms with Gasteiger partial charge < -0.3 is 9.63 Å². The summed E-state index contributed by atoms with van der Waals surface area (Å²) in [5, 5.41) is 10.5. The van der Waals surface area contributed by atoms with Gasteiger partial charge in [-0.15, -0.1) is 11.3 Å². The Morgan fingerprint density at radius 3 is 2.33 bits per heavy atom. The van der Waals surface area contributed by atoms with Crippen LogP contribution in [0.4, 0.5) is 0 Å². The molecule has 0 aliphatic rings. The molecule has 2 aromatic rings. The van der Waals surface area contributed by atoms with E-state index in [0.29, 0.717) is 15.9 Å². The molecular formula is C17H20ClO4PS. The van der Waals surface area contributed by atoms with Crippen LogP contribution in [0.2, 0.25) is 5.02 Å². The molecule has 0 spiro atoms. The van der Waals surface area contributed by atoms with Crippen LogP contribution in [0.5, 0.6) is 0 Å². The van der Waals surface area contributed by atoms with Gasteiger partial charge in [0.15, 0.2) is 0 Å². The van der Waals surface area contributed by atoms with Gasteiger partial charge in [-0.2, -0.15) is 0 Å². The van der Waals surface area contributed by atoms with E-state index in [9.17, 15) is 14.5 Å². The predicted molar refractivity (Wildman–Crippen MR) is 99.4 cm³/mol. The lowest BCUT2D eigenvalue weighted by molar-refractivity contribution is 0.0701. The highest BCUT2D eigenvalue weighted by Gasteiger charge is 2.30. The van der Waals surface area contributed by atoms with E-state index in [0.717, 1.165) is 4.88 Å². The molecule has 0 aliphatic heterocycles. The minimum Gasteiger partial charge on any atom is -0.477 e. The predicted octanol–water partition coefficient (Wildman–Crippen LogP) is 5.15. The molecule has 2 rings (SSSR count). The van der Waals surface area contributed by atoms with Crippen molar-refractivity contribution in [3.05, 3.63) is 50.7 Å². The van der Waals surface area contributed by atoms with Gasteiger partial charge >= 0.3 is 5.97 Å². The van der Waals surface area contributed by atoms with Crippen LogP contribution in [0.3, 0.4) is 0 Å². The van der Waals surface area contributed by atoms with Gasteiger partial charge in [0.05, 0.1) is 6.16 Å². The first-order valence-electron chi connectivity index (χ1n) is 7.34. The third-order valence-corrected chi connectivity index (χ3v) is 7.91. The summed E-state index contributed by atoms with van der Waals surface area (Å²) in [6.07, 6.45) is 0.0410. The average Bonchev–Trinajstić information content (AvgIpc) is 2.91. The smallest absolute Gasteiger partial charge is 0.346 e. The number of thiophene rings is 1. The van der Waals surface area contributed by atoms with Crippen LogP contribution < -0.4 is 5.30 Å². The van der Waals surface area contributed by atoms with Gasteiger partial charge in [-0.1, -0.05) is 32.4 Å². The van der Waals surface area contributed by atoms with Gasteiger partial charge in [0, 0.05) is 22.3 Å². The maximum Gasteiger partial charge on any atom is 0.346 e. The lowest BCUT2D eigenvalue weighted by Crippen LogP contribution is -2.09. The van der Waals surface area contributed by atoms with Crippen molar-refractivity contribution in [1.29, 1.82) is 0 Å². The van der Waals surface area contributed by atoms with Crippen molar-refractivity contribution >= 4 is 41.6 Å². The quantitative estimate of drug-likeness (QED) is 0.722. The standard InChI is InChI=1S/C17H20ClO4PS/c1-17(2,3)14-9-11(15(24-14)16(19)20)10-23(21,22-4)13-7-5-12(18)6-8-13/h5-9H,10H2,1-4H3,(H,19,20). The molecule has 1 aromatic carbocycles. The van der Waals surface area contributed by atoms with E-state index in [1.807, 2.05) is 26.8 Å². The van der Waals surface area contributed by atoms with Crippen LogP contribution in [0, 0.1) is 0 Å². The molecule has 1 atom stereocenters. The highest BCUT2D eigenvalue weighted by molar-refractivity contribution is 7.66. The first-order valence-corrected chi connectivity index (χ1v) is 10.3. The molecular weight excluding hydrogens is 367 g/mol. The van der Waals surface area contributed by atoms with Crippen molar-refractivity contribution in [2.45, 2.75) is 32.3 Å². The molecule has 1 aromatic heterocycles. The zero-order valence-corrected chi connectivity index (χ0v) is 16.5. The van der Waals surface area contributed by atoms with E-state index in [-0.39, 0.29) is 16.5 Å². The molecule has 130 valence electrons. The normalized spacial score (nSPS) is 14.4. The van der Waals surface area contributed by atoms with Gasteiger partial charge in [-0.3, -0.25) is 4.57 Å². The average molecular weight is 387 g/mol. The lowest BCUT2D eigenvalue weighted by Gasteiger charge is -2.17. The van der Waals surface area contributed by atoms with Crippen molar-refractivity contribution in [2.75, 3.05) is 7.11 Å². The molecule has 0 fully saturated rings. The zero-order valence-electron chi connectivity index (χ0n) is 14.0. The summed E-state index contributed by atoms with van der Waals surface area (Å²) in [7, 11) is -1.83. The zero-order chi connectivity index (χ0) is 18.1. The second-order valence-electron chi connectivity index (χ2n) is 6.51. The van der Waals surface area contributed by atoms with Crippen molar-refractivity contribution in [2.24, 2.45) is 0 Å². The molecule has 24 heavy (non-hydrogen) atoms. The molecule has 0 saturated heterocycles. The number of carboxylic acid groups (broad SMARTS) is 1. The van der Waals surface area contributed by atoms with Crippen LogP contribution in [0.1, 0.15) is 40.9 Å². The third kappa shape index (κ3) is 4.09. The highest BCUT2D eigenvalue weighted by Crippen LogP contribution is 2.50. The van der Waals surface area contributed by atoms with Gasteiger partial charge in [0.1, 0.15) is 4.88 Å². The number of halogens is 1. The van der Waals surface area contributed by atoms with E-state index in [1.165, 1.54) is 18.4 Å². The minimum absolute atomic E-state index is 0.0410. The monoisotopic (exact) mass is 386 g/mol. The Bertz CT molecular complexity index is 790. The van der Waals surface area contributed by atoms with Crippen LogP contribution >= 0.6 is 30.3 Å². The molecule has 4 nitrogen and oxygen atoms in total. The topological polar surface area (TPSA) is 63.6 Å². The number of hydrogen-bond acceptors (Lipinski definition) is 4. The Morgan fingerprint density at radius 2 is 1.88 bits per heavy atom. The van der Waals surface area contributed by atoms with Crippen LogP contribution in [-0.4, -0.2) is 18.2 Å². The first kappa shape index (κ1) is 19.2. The van der Waals surface area contributed by atoms with E-state index in [2.05, 4.69) is 0 Å². The van der Waals surface area contributed by atoms with Crippen LogP contribution in [0.15, 0.2) is 30.3 Å². The van der Waals surface area contributed by atoms with Crippen molar-refractivity contribution in [3.63, 3.8) is 0 Å². The number of carboxylic acids is 1. The molecule has 7 heteroatoms. The summed E-state index contributed by atoms with van der Waals surface area (Å²) in [5.41, 5.74) is 0.363. The second-order valence-corrected chi connectivity index (χ2v) is 10.5. The second kappa shape index (κ2) is 7.01. The van der Waals surface area contributed by atoms with Crippen molar-refractivity contribution < 1.29 is 19.0 Å². The first-order chi connectivity index (χ1) is 11.1. The van der Waals surface area contributed by atoms with Gasteiger partial charge in [-0.05, 0) is 41.3 Å². The summed E-state index contributed by atoms with van der Waals surface area (Å²) in [5.74, 6) is -1.01. The fourth-order valence-corrected chi connectivity index (χ4v) is 5.38. The molecule has 0 radical (unpaired) electrons. The Morgan fingerprint density at radius 1 is 1.29 bits per heavy atom. The summed E-state index contributed by atoms with van der Waals surface area (Å²) < 4.78 is 18.6. The number of rotatable bonds is 5. The van der Waals surface area contributed by atoms with Gasteiger partial charge in [0.25, 0.3) is 0 Å². The van der Waals surface area contributed by atoms with Crippen LogP contribution in [-0.2, 0) is 20.7 Å². The molecule has 1 unspecified atom stereocenters. The number of carbonyl (C=O) groups is 1. The fraction of sp³-hybridized carbons (Fsp3) is 0.353. The van der Waals surface area contributed by atoms with E-state index >= 15 is 0 Å². The molecule has 0 aliphatic carbocycles. The van der Waals surface area contributed by atoms with E-state index in [4.69, 9.17) is 16.1 Å². The number of benzene rings is 1. The molecule has 1 heterocycles. The largest absolute Gasteiger partial charge is 0.477 e. The van der Waals surface area contributed by atoms with Crippen LogP contribution in [0.25, 0.3) is 0 Å². The summed E-state index contributed by atoms with van der Waals surface area (Å²) in [6, 6.07) is 8.44. The van der Waals surface area contributed by atoms with E-state index < -0.39 is 13.3 Å². The number of hydrogen-bond donors (Lipinski definition) is 1. The SMILES string of the molecule is COP(=O)(Cc1cc(C(C)(C)C)sc1C(=O)O)c1ccc(Cl)cc1. The summed E-state index contributed by atoms with van der Waals surface area (Å²) in [6.45, 7) is 6.05. The van der Waals surface area contributed by atoms with E-state index in [1.54, 1.807) is 24.3 Å². The minimum atomic E-state index is -3.22. The molecule has 1 N–H and O–H groups in total. The maximum absolute atomic E-state index is 13.2. The third-order valence-electron chi connectivity index (χ3n) is 3.64. The maximum atomic E-state index is 13.2. The Hall–Kier alpha value is -1.13. The van der Waals surface area contributed by atoms with Crippen molar-refractivity contribution in [1.82, 2.24) is 0 Å². The molecule has 0 saturated carbocycles. The Kier molecular flexibility index (Phi) is 5.61. The highest BCUT2D eigenvalue weighted by atomic mass is 35.5. The van der Waals surface area contributed by atoms with Crippen molar-refractivity contribution in [3.8, 4) is 0 Å². The molecule has 0 amide bonds. The summed E-state index contributed by atoms with van der Waals surface area (Å²) in [4.78, 5) is 12.7. The molecule has 0 bridgehead atoms. The van der Waals surface area contributed by atoms with Gasteiger partial charge in [-0.25, -0.2) is 4.79 Å². The fourth-order valence-electron chi connectivity index (χ4n) is 2.25. The Balaban J connectivity index is 2.47.